The van der Waals surface area contributed by atoms with Crippen LogP contribution in [0.4, 0.5) is 5.95 Å². The summed E-state index contributed by atoms with van der Waals surface area (Å²) in [7, 11) is 4.37. The molecule has 1 aliphatic rings. The van der Waals surface area contributed by atoms with Crippen molar-refractivity contribution in [3.63, 3.8) is 0 Å². The van der Waals surface area contributed by atoms with Gasteiger partial charge in [0, 0.05) is 12.6 Å². The molecule has 1 aromatic rings. The quantitative estimate of drug-likeness (QED) is 0.738. The summed E-state index contributed by atoms with van der Waals surface area (Å²) in [5.74, 6) is 0.229. The summed E-state index contributed by atoms with van der Waals surface area (Å²) in [5.41, 5.74) is 0. The lowest BCUT2D eigenvalue weighted by molar-refractivity contribution is -0.141. The summed E-state index contributed by atoms with van der Waals surface area (Å²) in [6, 6.07) is 0.404. The number of methoxy groups -OCH3 is 3. The average Bonchev–Trinajstić information content (AvgIpc) is 2.54. The van der Waals surface area contributed by atoms with Crippen molar-refractivity contribution < 1.29 is 19.0 Å². The van der Waals surface area contributed by atoms with E-state index < -0.39 is 0 Å². The van der Waals surface area contributed by atoms with Crippen molar-refractivity contribution in [1.82, 2.24) is 15.0 Å². The molecule has 2 heterocycles. The lowest BCUT2D eigenvalue weighted by Crippen LogP contribution is -2.42. The van der Waals surface area contributed by atoms with Crippen LogP contribution < -0.4 is 14.4 Å². The van der Waals surface area contributed by atoms with Crippen molar-refractivity contribution in [2.45, 2.75) is 31.7 Å². The van der Waals surface area contributed by atoms with E-state index in [1.165, 1.54) is 21.3 Å². The molecule has 0 N–H and O–H groups in total. The van der Waals surface area contributed by atoms with Gasteiger partial charge in [-0.25, -0.2) is 0 Å². The highest BCUT2D eigenvalue weighted by molar-refractivity contribution is 5.70. The van der Waals surface area contributed by atoms with E-state index in [9.17, 15) is 4.79 Å². The third-order valence-corrected chi connectivity index (χ3v) is 3.46. The van der Waals surface area contributed by atoms with Gasteiger partial charge in [0.15, 0.2) is 0 Å². The number of hydrogen-bond donors (Lipinski definition) is 0. The second-order valence-electron chi connectivity index (χ2n) is 4.73. The fourth-order valence-corrected chi connectivity index (χ4v) is 2.39. The molecule has 21 heavy (non-hydrogen) atoms. The largest absolute Gasteiger partial charge is 0.469 e. The van der Waals surface area contributed by atoms with Crippen LogP contribution >= 0.6 is 0 Å². The van der Waals surface area contributed by atoms with Crippen molar-refractivity contribution in [3.05, 3.63) is 0 Å². The van der Waals surface area contributed by atoms with Gasteiger partial charge in [-0.2, -0.15) is 9.97 Å². The smallest absolute Gasteiger partial charge is 0.324 e. The average molecular weight is 296 g/mol. The first-order chi connectivity index (χ1) is 10.2. The van der Waals surface area contributed by atoms with Crippen molar-refractivity contribution in [2.75, 3.05) is 32.8 Å². The molecular formula is C13H20N4O4. The molecule has 1 aromatic heterocycles. The monoisotopic (exact) mass is 296 g/mol. The number of carbonyl (C=O) groups excluding carboxylic acids is 1. The Balaban J connectivity index is 2.25. The van der Waals surface area contributed by atoms with Crippen LogP contribution in [0.25, 0.3) is 0 Å². The third-order valence-electron chi connectivity index (χ3n) is 3.46. The van der Waals surface area contributed by atoms with Crippen molar-refractivity contribution in [2.24, 2.45) is 0 Å². The summed E-state index contributed by atoms with van der Waals surface area (Å²) in [6.07, 6.45) is 3.30. The zero-order valence-corrected chi connectivity index (χ0v) is 12.5. The summed E-state index contributed by atoms with van der Waals surface area (Å²) in [5, 5.41) is 0. The summed E-state index contributed by atoms with van der Waals surface area (Å²) in [4.78, 5) is 26.0. The number of piperidine rings is 1. The first kappa shape index (κ1) is 15.3. The van der Waals surface area contributed by atoms with Crippen LogP contribution in [0.2, 0.25) is 0 Å². The van der Waals surface area contributed by atoms with Crippen LogP contribution in [-0.2, 0) is 9.53 Å². The number of nitrogens with zero attached hydrogens (tertiary/aromatic N) is 4. The van der Waals surface area contributed by atoms with E-state index >= 15 is 0 Å². The Morgan fingerprint density at radius 3 is 2.38 bits per heavy atom. The van der Waals surface area contributed by atoms with E-state index in [2.05, 4.69) is 15.0 Å². The Morgan fingerprint density at radius 1 is 1.14 bits per heavy atom. The second-order valence-corrected chi connectivity index (χ2v) is 4.73. The summed E-state index contributed by atoms with van der Waals surface area (Å²) < 4.78 is 14.9. The topological polar surface area (TPSA) is 86.7 Å². The van der Waals surface area contributed by atoms with Gasteiger partial charge in [-0.3, -0.25) is 4.79 Å². The Labute approximate surface area is 123 Å². The maximum atomic E-state index is 11.6. The Morgan fingerprint density at radius 2 is 1.81 bits per heavy atom. The number of aromatic nitrogens is 3. The number of carbonyl (C=O) groups is 1. The molecule has 1 unspecified atom stereocenters. The fraction of sp³-hybridized carbons (Fsp3) is 0.692. The van der Waals surface area contributed by atoms with E-state index in [0.29, 0.717) is 12.4 Å². The zero-order chi connectivity index (χ0) is 15.2. The predicted octanol–water partition coefficient (Wildman–Crippen LogP) is 0.811. The Bertz CT molecular complexity index is 475. The van der Waals surface area contributed by atoms with Crippen molar-refractivity contribution in [1.29, 1.82) is 0 Å². The minimum atomic E-state index is -0.236. The molecule has 0 spiro atoms. The van der Waals surface area contributed by atoms with Gasteiger partial charge in [-0.05, 0) is 19.3 Å². The number of anilines is 1. The fourth-order valence-electron chi connectivity index (χ4n) is 2.39. The maximum Gasteiger partial charge on any atom is 0.324 e. The molecule has 0 saturated carbocycles. The van der Waals surface area contributed by atoms with Crippen LogP contribution in [0.3, 0.4) is 0 Å². The summed E-state index contributed by atoms with van der Waals surface area (Å²) in [6.45, 7) is 0.776. The van der Waals surface area contributed by atoms with E-state index in [1.54, 1.807) is 0 Å². The van der Waals surface area contributed by atoms with Crippen molar-refractivity contribution in [3.8, 4) is 12.0 Å². The van der Waals surface area contributed by atoms with Crippen LogP contribution in [0.1, 0.15) is 25.7 Å². The van der Waals surface area contributed by atoms with Gasteiger partial charge in [0.2, 0.25) is 5.95 Å². The highest BCUT2D eigenvalue weighted by Gasteiger charge is 2.28. The van der Waals surface area contributed by atoms with Crippen LogP contribution in [0.5, 0.6) is 12.0 Å². The van der Waals surface area contributed by atoms with Gasteiger partial charge in [0.1, 0.15) is 0 Å². The van der Waals surface area contributed by atoms with Crippen LogP contribution in [-0.4, -0.2) is 54.8 Å². The maximum absolute atomic E-state index is 11.6. The van der Waals surface area contributed by atoms with Gasteiger partial charge in [0.25, 0.3) is 0 Å². The number of rotatable bonds is 5. The van der Waals surface area contributed by atoms with Gasteiger partial charge < -0.3 is 19.1 Å². The Kier molecular flexibility index (Phi) is 5.13. The molecule has 0 aliphatic carbocycles. The molecule has 1 aliphatic heterocycles. The molecule has 1 fully saturated rings. The van der Waals surface area contributed by atoms with Crippen LogP contribution in [0.15, 0.2) is 0 Å². The van der Waals surface area contributed by atoms with E-state index in [4.69, 9.17) is 14.2 Å². The highest BCUT2D eigenvalue weighted by atomic mass is 16.5. The molecule has 0 amide bonds. The molecule has 0 aromatic carbocycles. The zero-order valence-electron chi connectivity index (χ0n) is 12.5. The predicted molar refractivity (Wildman–Crippen MR) is 74.5 cm³/mol. The molecule has 1 saturated heterocycles. The number of hydrogen-bond acceptors (Lipinski definition) is 8. The normalized spacial score (nSPS) is 18.2. The lowest BCUT2D eigenvalue weighted by atomic mass is 10.00. The standard InChI is InChI=1S/C13H20N4O4/c1-19-10(18)8-9-6-4-5-7-17(9)11-14-12(20-2)16-13(15-11)21-3/h9H,4-8H2,1-3H3. The van der Waals surface area contributed by atoms with Gasteiger partial charge in [-0.15, -0.1) is 4.98 Å². The van der Waals surface area contributed by atoms with Gasteiger partial charge >= 0.3 is 18.0 Å². The lowest BCUT2D eigenvalue weighted by Gasteiger charge is -2.35. The second kappa shape index (κ2) is 7.05. The molecule has 2 rings (SSSR count). The first-order valence-electron chi connectivity index (χ1n) is 6.85. The van der Waals surface area contributed by atoms with Gasteiger partial charge in [-0.1, -0.05) is 0 Å². The molecule has 116 valence electrons. The molecule has 0 bridgehead atoms. The number of esters is 1. The van der Waals surface area contributed by atoms with E-state index in [1.807, 2.05) is 4.90 Å². The summed E-state index contributed by atoms with van der Waals surface area (Å²) >= 11 is 0. The van der Waals surface area contributed by atoms with Crippen LogP contribution in [0, 0.1) is 0 Å². The minimum absolute atomic E-state index is 0.0167. The van der Waals surface area contributed by atoms with E-state index in [-0.39, 0.29) is 24.0 Å². The SMILES string of the molecule is COC(=O)CC1CCCCN1c1nc(OC)nc(OC)n1. The molecule has 8 nitrogen and oxygen atoms in total. The third kappa shape index (κ3) is 3.71. The first-order valence-corrected chi connectivity index (χ1v) is 6.85. The van der Waals surface area contributed by atoms with Crippen molar-refractivity contribution >= 4 is 11.9 Å². The molecule has 0 radical (unpaired) electrons. The minimum Gasteiger partial charge on any atom is -0.469 e. The van der Waals surface area contributed by atoms with E-state index in [0.717, 1.165) is 25.8 Å². The molecule has 8 heteroatoms. The number of ether oxygens (including phenoxy) is 3. The molecule has 1 atom stereocenters. The highest BCUT2D eigenvalue weighted by Crippen LogP contribution is 2.26. The molecular weight excluding hydrogens is 276 g/mol. The Hall–Kier alpha value is -2.12. The van der Waals surface area contributed by atoms with Gasteiger partial charge in [0.05, 0.1) is 27.8 Å².